The Labute approximate surface area is 178 Å². The van der Waals surface area contributed by atoms with Gasteiger partial charge in [-0.1, -0.05) is 72.8 Å². The van der Waals surface area contributed by atoms with Gasteiger partial charge in [-0.05, 0) is 17.7 Å². The van der Waals surface area contributed by atoms with Crippen LogP contribution >= 0.6 is 11.8 Å². The molecule has 0 aliphatic rings. The molecule has 0 amide bonds. The molecule has 4 aromatic rings. The summed E-state index contributed by atoms with van der Waals surface area (Å²) in [5, 5.41) is 10.4. The van der Waals surface area contributed by atoms with Crippen molar-refractivity contribution in [2.45, 2.75) is 10.1 Å². The number of ether oxygens (including phenoxy) is 1. The number of thioether (sulfide) groups is 1. The van der Waals surface area contributed by atoms with E-state index in [1.54, 1.807) is 7.11 Å². The summed E-state index contributed by atoms with van der Waals surface area (Å²) in [4.78, 5) is 13.9. The van der Waals surface area contributed by atoms with E-state index in [2.05, 4.69) is 0 Å². The Bertz CT molecular complexity index is 1190. The standard InChI is InChI=1S/C25H20O4S/c1-28-20-14-8-9-15-22(20)30-24(18-12-6-3-7-13-18)23-19(26)16-21(29-25(23)27)17-10-4-2-5-11-17/h2-16,24,26H,1H3. The van der Waals surface area contributed by atoms with Gasteiger partial charge in [-0.25, -0.2) is 4.79 Å². The minimum absolute atomic E-state index is 0.0960. The van der Waals surface area contributed by atoms with Crippen LogP contribution in [0.15, 0.2) is 105 Å². The highest BCUT2D eigenvalue weighted by atomic mass is 32.2. The maximum absolute atomic E-state index is 13.0. The van der Waals surface area contributed by atoms with Gasteiger partial charge in [-0.3, -0.25) is 0 Å². The first-order chi connectivity index (χ1) is 14.7. The van der Waals surface area contributed by atoms with E-state index in [1.165, 1.54) is 17.8 Å². The van der Waals surface area contributed by atoms with Crippen molar-refractivity contribution >= 4 is 11.8 Å². The molecule has 0 saturated carbocycles. The number of rotatable bonds is 6. The normalized spacial score (nSPS) is 11.8. The minimum Gasteiger partial charge on any atom is -0.507 e. The summed E-state index contributed by atoms with van der Waals surface area (Å²) >= 11 is 1.43. The van der Waals surface area contributed by atoms with Gasteiger partial charge >= 0.3 is 5.63 Å². The van der Waals surface area contributed by atoms with E-state index in [0.717, 1.165) is 16.0 Å². The number of aromatic hydroxyl groups is 1. The molecule has 30 heavy (non-hydrogen) atoms. The molecule has 0 fully saturated rings. The highest BCUT2D eigenvalue weighted by Gasteiger charge is 2.26. The summed E-state index contributed by atoms with van der Waals surface area (Å²) in [5.74, 6) is 0.936. The lowest BCUT2D eigenvalue weighted by Gasteiger charge is -2.19. The first kappa shape index (κ1) is 19.9. The minimum atomic E-state index is -0.565. The highest BCUT2D eigenvalue weighted by Crippen LogP contribution is 2.45. The smallest absolute Gasteiger partial charge is 0.344 e. The average molecular weight is 416 g/mol. The number of benzene rings is 3. The Morgan fingerprint density at radius 1 is 0.900 bits per heavy atom. The van der Waals surface area contributed by atoms with E-state index in [9.17, 15) is 9.90 Å². The van der Waals surface area contributed by atoms with Gasteiger partial charge in [0.15, 0.2) is 0 Å². The summed E-state index contributed by atoms with van der Waals surface area (Å²) in [6.07, 6.45) is 0. The molecule has 5 heteroatoms. The summed E-state index contributed by atoms with van der Waals surface area (Å²) < 4.78 is 11.1. The van der Waals surface area contributed by atoms with Crippen LogP contribution in [-0.2, 0) is 0 Å². The number of para-hydroxylation sites is 1. The van der Waals surface area contributed by atoms with Crippen LogP contribution < -0.4 is 10.4 Å². The third-order valence-corrected chi connectivity index (χ3v) is 6.04. The van der Waals surface area contributed by atoms with Gasteiger partial charge < -0.3 is 14.3 Å². The van der Waals surface area contributed by atoms with Gasteiger partial charge in [0.05, 0.1) is 22.8 Å². The van der Waals surface area contributed by atoms with Crippen molar-refractivity contribution < 1.29 is 14.3 Å². The first-order valence-electron chi connectivity index (χ1n) is 9.44. The maximum atomic E-state index is 13.0. The molecule has 1 N–H and O–H groups in total. The molecular formula is C25H20O4S. The van der Waals surface area contributed by atoms with Crippen LogP contribution in [0.5, 0.6) is 11.5 Å². The van der Waals surface area contributed by atoms with Crippen molar-refractivity contribution in [3.8, 4) is 22.8 Å². The molecule has 0 saturated heterocycles. The van der Waals surface area contributed by atoms with E-state index in [-0.39, 0.29) is 11.3 Å². The molecular weight excluding hydrogens is 396 g/mol. The molecule has 0 aliphatic carbocycles. The molecule has 1 atom stereocenters. The predicted molar refractivity (Wildman–Crippen MR) is 119 cm³/mol. The molecule has 4 nitrogen and oxygen atoms in total. The lowest BCUT2D eigenvalue weighted by atomic mass is 10.0. The molecule has 0 bridgehead atoms. The Morgan fingerprint density at radius 2 is 1.53 bits per heavy atom. The van der Waals surface area contributed by atoms with E-state index in [4.69, 9.17) is 9.15 Å². The second kappa shape index (κ2) is 8.93. The fourth-order valence-corrected chi connectivity index (χ4v) is 4.55. The fraction of sp³-hybridized carbons (Fsp3) is 0.0800. The van der Waals surface area contributed by atoms with Crippen molar-refractivity contribution in [3.63, 3.8) is 0 Å². The van der Waals surface area contributed by atoms with E-state index in [1.807, 2.05) is 84.9 Å². The lowest BCUT2D eigenvalue weighted by molar-refractivity contribution is 0.404. The van der Waals surface area contributed by atoms with Crippen LogP contribution in [0.2, 0.25) is 0 Å². The monoisotopic (exact) mass is 416 g/mol. The lowest BCUT2D eigenvalue weighted by Crippen LogP contribution is -2.12. The van der Waals surface area contributed by atoms with Crippen LogP contribution in [0.1, 0.15) is 16.4 Å². The van der Waals surface area contributed by atoms with Crippen LogP contribution in [0.25, 0.3) is 11.3 Å². The van der Waals surface area contributed by atoms with Crippen molar-refractivity contribution in [1.82, 2.24) is 0 Å². The zero-order valence-electron chi connectivity index (χ0n) is 16.3. The SMILES string of the molecule is COc1ccccc1SC(c1ccccc1)c1c(O)cc(-c2ccccc2)oc1=O. The third-order valence-electron chi connectivity index (χ3n) is 4.70. The van der Waals surface area contributed by atoms with Gasteiger partial charge in [0.2, 0.25) is 0 Å². The number of hydrogen-bond donors (Lipinski definition) is 1. The van der Waals surface area contributed by atoms with Gasteiger partial charge in [0.25, 0.3) is 0 Å². The summed E-state index contributed by atoms with van der Waals surface area (Å²) in [6.45, 7) is 0. The third kappa shape index (κ3) is 4.11. The summed E-state index contributed by atoms with van der Waals surface area (Å²) in [7, 11) is 1.61. The zero-order valence-corrected chi connectivity index (χ0v) is 17.1. The molecule has 1 unspecified atom stereocenters. The molecule has 4 rings (SSSR count). The molecule has 0 radical (unpaired) electrons. The van der Waals surface area contributed by atoms with E-state index < -0.39 is 10.9 Å². The van der Waals surface area contributed by atoms with E-state index in [0.29, 0.717) is 11.5 Å². The Hall–Kier alpha value is -3.44. The zero-order chi connectivity index (χ0) is 20.9. The van der Waals surface area contributed by atoms with Crippen molar-refractivity contribution in [3.05, 3.63) is 113 Å². The molecule has 150 valence electrons. The van der Waals surface area contributed by atoms with Crippen LogP contribution in [0, 0.1) is 0 Å². The average Bonchev–Trinajstić information content (AvgIpc) is 2.79. The van der Waals surface area contributed by atoms with Crippen molar-refractivity contribution in [2.75, 3.05) is 7.11 Å². The molecule has 0 spiro atoms. The number of hydrogen-bond acceptors (Lipinski definition) is 5. The van der Waals surface area contributed by atoms with Gasteiger partial charge in [0, 0.05) is 11.6 Å². The Morgan fingerprint density at radius 3 is 2.20 bits per heavy atom. The van der Waals surface area contributed by atoms with Gasteiger partial charge in [-0.2, -0.15) is 0 Å². The molecule has 1 heterocycles. The maximum Gasteiger partial charge on any atom is 0.344 e. The molecule has 1 aromatic heterocycles. The van der Waals surface area contributed by atoms with Crippen LogP contribution in [-0.4, -0.2) is 12.2 Å². The Kier molecular flexibility index (Phi) is 5.91. The van der Waals surface area contributed by atoms with Crippen LogP contribution in [0.3, 0.4) is 0 Å². The topological polar surface area (TPSA) is 59.7 Å². The Balaban J connectivity index is 1.83. The second-order valence-electron chi connectivity index (χ2n) is 6.62. The predicted octanol–water partition coefficient (Wildman–Crippen LogP) is 5.90. The number of methoxy groups -OCH3 is 1. The van der Waals surface area contributed by atoms with Crippen molar-refractivity contribution in [2.24, 2.45) is 0 Å². The second-order valence-corrected chi connectivity index (χ2v) is 7.77. The first-order valence-corrected chi connectivity index (χ1v) is 10.3. The molecule has 3 aromatic carbocycles. The summed E-state index contributed by atoms with van der Waals surface area (Å²) in [5.41, 5.74) is 1.25. The van der Waals surface area contributed by atoms with Crippen LogP contribution in [0.4, 0.5) is 0 Å². The fourth-order valence-electron chi connectivity index (χ4n) is 3.24. The van der Waals surface area contributed by atoms with Crippen molar-refractivity contribution in [1.29, 1.82) is 0 Å². The molecule has 0 aliphatic heterocycles. The van der Waals surface area contributed by atoms with Gasteiger partial charge in [-0.15, -0.1) is 11.8 Å². The quantitative estimate of drug-likeness (QED) is 0.396. The highest BCUT2D eigenvalue weighted by molar-refractivity contribution is 7.99. The largest absolute Gasteiger partial charge is 0.507 e. The summed E-state index contributed by atoms with van der Waals surface area (Å²) in [6, 6.07) is 27.9. The van der Waals surface area contributed by atoms with E-state index >= 15 is 0 Å². The van der Waals surface area contributed by atoms with Gasteiger partial charge in [0.1, 0.15) is 17.3 Å².